The Labute approximate surface area is 110 Å². The second kappa shape index (κ2) is 6.20. The van der Waals surface area contributed by atoms with Crippen LogP contribution in [0, 0.1) is 0 Å². The number of hydrogen-bond acceptors (Lipinski definition) is 3. The number of benzene rings is 1. The van der Waals surface area contributed by atoms with E-state index in [2.05, 4.69) is 17.0 Å². The Balaban J connectivity index is 2.89. The topological polar surface area (TPSA) is 58.2 Å². The molecular formula is C13H22N2O2S. The summed E-state index contributed by atoms with van der Waals surface area (Å²) in [5, 5.41) is 2.86. The van der Waals surface area contributed by atoms with Gasteiger partial charge in [0.25, 0.3) is 0 Å². The van der Waals surface area contributed by atoms with Gasteiger partial charge in [0.15, 0.2) is 0 Å². The lowest BCUT2D eigenvalue weighted by molar-refractivity contribution is 0.592. The van der Waals surface area contributed by atoms with Crippen molar-refractivity contribution in [2.24, 2.45) is 0 Å². The summed E-state index contributed by atoms with van der Waals surface area (Å²) in [6.07, 6.45) is 0. The van der Waals surface area contributed by atoms with Crippen molar-refractivity contribution in [2.75, 3.05) is 11.3 Å². The molecule has 4 nitrogen and oxygen atoms in total. The minimum atomic E-state index is -3.28. The van der Waals surface area contributed by atoms with E-state index in [-0.39, 0.29) is 6.04 Å². The highest BCUT2D eigenvalue weighted by Gasteiger charge is 2.15. The zero-order valence-corrected chi connectivity index (χ0v) is 12.2. The van der Waals surface area contributed by atoms with Gasteiger partial charge in [-0.05, 0) is 45.0 Å². The smallest absolute Gasteiger partial charge is 0.235 e. The zero-order valence-electron chi connectivity index (χ0n) is 11.4. The van der Waals surface area contributed by atoms with Crippen molar-refractivity contribution in [2.45, 2.75) is 39.0 Å². The predicted molar refractivity (Wildman–Crippen MR) is 76.2 cm³/mol. The van der Waals surface area contributed by atoms with Crippen molar-refractivity contribution in [1.29, 1.82) is 0 Å². The van der Waals surface area contributed by atoms with E-state index in [1.807, 2.05) is 25.1 Å². The van der Waals surface area contributed by atoms with Crippen LogP contribution in [0.15, 0.2) is 24.3 Å². The minimum absolute atomic E-state index is 0.207. The van der Waals surface area contributed by atoms with Crippen LogP contribution in [0.1, 0.15) is 39.3 Å². The van der Waals surface area contributed by atoms with Crippen molar-refractivity contribution in [3.63, 3.8) is 0 Å². The maximum atomic E-state index is 11.8. The molecule has 0 aromatic heterocycles. The third kappa shape index (κ3) is 3.99. The summed E-state index contributed by atoms with van der Waals surface area (Å²) in [6.45, 7) is 8.30. The molecular weight excluding hydrogens is 248 g/mol. The Kier molecular flexibility index (Phi) is 5.16. The molecule has 0 spiro atoms. The Morgan fingerprint density at radius 1 is 1.22 bits per heavy atom. The number of hydrogen-bond donors (Lipinski definition) is 2. The van der Waals surface area contributed by atoms with Crippen LogP contribution in [0.5, 0.6) is 0 Å². The third-order valence-corrected chi connectivity index (χ3v) is 4.54. The maximum absolute atomic E-state index is 11.8. The Morgan fingerprint density at radius 2 is 1.89 bits per heavy atom. The van der Waals surface area contributed by atoms with Crippen LogP contribution in [-0.4, -0.2) is 20.2 Å². The van der Waals surface area contributed by atoms with E-state index < -0.39 is 15.3 Å². The van der Waals surface area contributed by atoms with Crippen molar-refractivity contribution in [3.05, 3.63) is 29.8 Å². The minimum Gasteiger partial charge on any atom is -0.310 e. The van der Waals surface area contributed by atoms with Crippen LogP contribution in [-0.2, 0) is 10.0 Å². The van der Waals surface area contributed by atoms with Gasteiger partial charge in [-0.3, -0.25) is 4.72 Å². The molecule has 2 N–H and O–H groups in total. The van der Waals surface area contributed by atoms with Crippen LogP contribution in [0.25, 0.3) is 0 Å². The fourth-order valence-corrected chi connectivity index (χ4v) is 2.27. The molecule has 0 aliphatic carbocycles. The quantitative estimate of drug-likeness (QED) is 0.835. The van der Waals surface area contributed by atoms with E-state index in [0.29, 0.717) is 5.69 Å². The predicted octanol–water partition coefficient (Wildman–Crippen LogP) is 2.51. The molecule has 1 aromatic carbocycles. The number of sulfonamides is 1. The number of rotatable bonds is 6. The lowest BCUT2D eigenvalue weighted by Gasteiger charge is -2.15. The molecule has 1 rings (SSSR count). The Bertz CT molecular complexity index is 484. The van der Waals surface area contributed by atoms with Gasteiger partial charge < -0.3 is 5.32 Å². The molecule has 5 heteroatoms. The summed E-state index contributed by atoms with van der Waals surface area (Å²) in [6, 6.07) is 7.69. The van der Waals surface area contributed by atoms with Crippen LogP contribution < -0.4 is 10.0 Å². The molecule has 0 heterocycles. The van der Waals surface area contributed by atoms with Crippen LogP contribution in [0.4, 0.5) is 5.69 Å². The van der Waals surface area contributed by atoms with E-state index in [1.54, 1.807) is 19.9 Å². The molecule has 0 fully saturated rings. The van der Waals surface area contributed by atoms with Crippen molar-refractivity contribution in [3.8, 4) is 0 Å². The second-order valence-electron chi connectivity index (χ2n) is 4.60. The van der Waals surface area contributed by atoms with E-state index in [4.69, 9.17) is 0 Å². The largest absolute Gasteiger partial charge is 0.310 e. The van der Waals surface area contributed by atoms with Gasteiger partial charge in [0, 0.05) is 11.7 Å². The second-order valence-corrected chi connectivity index (χ2v) is 6.84. The molecule has 1 atom stereocenters. The normalized spacial score (nSPS) is 13.6. The van der Waals surface area contributed by atoms with Crippen LogP contribution in [0.2, 0.25) is 0 Å². The summed E-state index contributed by atoms with van der Waals surface area (Å²) >= 11 is 0. The van der Waals surface area contributed by atoms with Gasteiger partial charge in [-0.1, -0.05) is 19.1 Å². The Morgan fingerprint density at radius 3 is 2.44 bits per heavy atom. The molecule has 1 unspecified atom stereocenters. The molecule has 0 radical (unpaired) electrons. The summed E-state index contributed by atoms with van der Waals surface area (Å²) in [5.41, 5.74) is 1.69. The SMILES string of the molecule is CCNC(C)c1cccc(NS(=O)(=O)C(C)C)c1. The van der Waals surface area contributed by atoms with Gasteiger partial charge in [-0.25, -0.2) is 8.42 Å². The fourth-order valence-electron chi connectivity index (χ4n) is 1.58. The zero-order chi connectivity index (χ0) is 13.8. The van der Waals surface area contributed by atoms with Crippen LogP contribution >= 0.6 is 0 Å². The highest BCUT2D eigenvalue weighted by Crippen LogP contribution is 2.19. The van der Waals surface area contributed by atoms with E-state index in [1.165, 1.54) is 0 Å². The van der Waals surface area contributed by atoms with Crippen molar-refractivity contribution in [1.82, 2.24) is 5.32 Å². The van der Waals surface area contributed by atoms with Gasteiger partial charge in [0.1, 0.15) is 0 Å². The van der Waals surface area contributed by atoms with Crippen LogP contribution in [0.3, 0.4) is 0 Å². The molecule has 1 aromatic rings. The first-order valence-corrected chi connectivity index (χ1v) is 7.76. The maximum Gasteiger partial charge on any atom is 0.235 e. The van der Waals surface area contributed by atoms with Gasteiger partial charge in [-0.15, -0.1) is 0 Å². The summed E-state index contributed by atoms with van der Waals surface area (Å²) in [4.78, 5) is 0. The van der Waals surface area contributed by atoms with Gasteiger partial charge in [-0.2, -0.15) is 0 Å². The number of nitrogens with one attached hydrogen (secondary N) is 2. The van der Waals surface area contributed by atoms with Crippen molar-refractivity contribution >= 4 is 15.7 Å². The lowest BCUT2D eigenvalue weighted by atomic mass is 10.1. The summed E-state index contributed by atoms with van der Waals surface area (Å²) in [5.74, 6) is 0. The molecule has 18 heavy (non-hydrogen) atoms. The van der Waals surface area contributed by atoms with E-state index >= 15 is 0 Å². The summed E-state index contributed by atoms with van der Waals surface area (Å²) < 4.78 is 26.2. The van der Waals surface area contributed by atoms with Gasteiger partial charge in [0.2, 0.25) is 10.0 Å². The number of anilines is 1. The molecule has 0 saturated heterocycles. The van der Waals surface area contributed by atoms with Gasteiger partial charge >= 0.3 is 0 Å². The fraction of sp³-hybridized carbons (Fsp3) is 0.538. The van der Waals surface area contributed by atoms with E-state index in [9.17, 15) is 8.42 Å². The average Bonchev–Trinajstić information content (AvgIpc) is 2.29. The molecule has 0 bridgehead atoms. The molecule has 0 amide bonds. The standard InChI is InChI=1S/C13H22N2O2S/c1-5-14-11(4)12-7-6-8-13(9-12)15-18(16,17)10(2)3/h6-11,14-15H,5H2,1-4H3. The van der Waals surface area contributed by atoms with Crippen molar-refractivity contribution < 1.29 is 8.42 Å². The lowest BCUT2D eigenvalue weighted by Crippen LogP contribution is -2.23. The first-order valence-electron chi connectivity index (χ1n) is 6.21. The molecule has 0 aliphatic heterocycles. The average molecular weight is 270 g/mol. The molecule has 102 valence electrons. The molecule has 0 aliphatic rings. The summed E-state index contributed by atoms with van der Waals surface area (Å²) in [7, 11) is -3.28. The first-order chi connectivity index (χ1) is 8.36. The third-order valence-electron chi connectivity index (χ3n) is 2.78. The highest BCUT2D eigenvalue weighted by atomic mass is 32.2. The Hall–Kier alpha value is -1.07. The van der Waals surface area contributed by atoms with Gasteiger partial charge in [0.05, 0.1) is 5.25 Å². The highest BCUT2D eigenvalue weighted by molar-refractivity contribution is 7.93. The first kappa shape index (κ1) is 15.0. The van der Waals surface area contributed by atoms with E-state index in [0.717, 1.165) is 12.1 Å². The molecule has 0 saturated carbocycles. The monoisotopic (exact) mass is 270 g/mol.